The summed E-state index contributed by atoms with van der Waals surface area (Å²) in [4.78, 5) is 0. The molecule has 1 aromatic rings. The maximum atomic E-state index is 11.9. The molecule has 0 heterocycles. The third-order valence-electron chi connectivity index (χ3n) is 1.78. The Morgan fingerprint density at radius 2 is 2.21 bits per heavy atom. The monoisotopic (exact) mass is 200 g/mol. The highest BCUT2D eigenvalue weighted by atomic mass is 19.1. The molecule has 1 aromatic carbocycles. The molecule has 0 spiro atoms. The molecule has 0 saturated heterocycles. The zero-order valence-electron chi connectivity index (χ0n) is 8.00. The van der Waals surface area contributed by atoms with Crippen molar-refractivity contribution in [2.24, 2.45) is 0 Å². The predicted molar refractivity (Wildman–Crippen MR) is 50.4 cm³/mol. The Bertz CT molecular complexity index is 289. The van der Waals surface area contributed by atoms with E-state index in [9.17, 15) is 4.39 Å². The summed E-state index contributed by atoms with van der Waals surface area (Å²) in [5, 5.41) is 8.97. The quantitative estimate of drug-likeness (QED) is 0.783. The minimum absolute atomic E-state index is 0.0137. The van der Waals surface area contributed by atoms with Crippen molar-refractivity contribution in [3.8, 4) is 11.5 Å². The number of hydrogen-bond acceptors (Lipinski definition) is 3. The van der Waals surface area contributed by atoms with E-state index in [4.69, 9.17) is 14.6 Å². The van der Waals surface area contributed by atoms with E-state index >= 15 is 0 Å². The molecular weight excluding hydrogens is 187 g/mol. The lowest BCUT2D eigenvalue weighted by atomic mass is 10.2. The molecule has 0 aromatic heterocycles. The number of aliphatic hydroxyl groups excluding tert-OH is 1. The van der Waals surface area contributed by atoms with Crippen molar-refractivity contribution < 1.29 is 19.0 Å². The van der Waals surface area contributed by atoms with Crippen molar-refractivity contribution in [3.05, 3.63) is 23.8 Å². The number of benzene rings is 1. The second-order valence-corrected chi connectivity index (χ2v) is 2.67. The fourth-order valence-electron chi connectivity index (χ4n) is 1.08. The SMILES string of the molecule is COc1ccc(CO)c(OCCF)c1. The molecule has 14 heavy (non-hydrogen) atoms. The fraction of sp³-hybridized carbons (Fsp3) is 0.400. The number of alkyl halides is 1. The molecule has 1 N–H and O–H groups in total. The maximum absolute atomic E-state index is 11.9. The Balaban J connectivity index is 2.84. The van der Waals surface area contributed by atoms with Gasteiger partial charge in [0.05, 0.1) is 13.7 Å². The van der Waals surface area contributed by atoms with Gasteiger partial charge in [-0.25, -0.2) is 4.39 Å². The van der Waals surface area contributed by atoms with Crippen LogP contribution in [0.2, 0.25) is 0 Å². The summed E-state index contributed by atoms with van der Waals surface area (Å²) in [6, 6.07) is 5.03. The predicted octanol–water partition coefficient (Wildman–Crippen LogP) is 1.54. The number of halogens is 1. The molecule has 3 nitrogen and oxygen atoms in total. The minimum atomic E-state index is -0.553. The average molecular weight is 200 g/mol. The van der Waals surface area contributed by atoms with Gasteiger partial charge in [0.2, 0.25) is 0 Å². The molecule has 0 fully saturated rings. The van der Waals surface area contributed by atoms with Gasteiger partial charge in [-0.3, -0.25) is 0 Å². The van der Waals surface area contributed by atoms with Gasteiger partial charge in [0.15, 0.2) is 0 Å². The van der Waals surface area contributed by atoms with Crippen molar-refractivity contribution in [2.75, 3.05) is 20.4 Å². The first-order chi connectivity index (χ1) is 6.81. The van der Waals surface area contributed by atoms with Crippen molar-refractivity contribution >= 4 is 0 Å². The Kier molecular flexibility index (Phi) is 4.19. The van der Waals surface area contributed by atoms with Crippen LogP contribution < -0.4 is 9.47 Å². The van der Waals surface area contributed by atoms with E-state index in [2.05, 4.69) is 0 Å². The first-order valence-electron chi connectivity index (χ1n) is 4.28. The molecule has 78 valence electrons. The summed E-state index contributed by atoms with van der Waals surface area (Å²) in [5.74, 6) is 1.08. The summed E-state index contributed by atoms with van der Waals surface area (Å²) >= 11 is 0. The van der Waals surface area contributed by atoms with Crippen LogP contribution in [0.1, 0.15) is 5.56 Å². The van der Waals surface area contributed by atoms with Crippen LogP contribution in [0.25, 0.3) is 0 Å². The molecule has 0 bridgehead atoms. The van der Waals surface area contributed by atoms with Gasteiger partial charge in [-0.15, -0.1) is 0 Å². The highest BCUT2D eigenvalue weighted by molar-refractivity contribution is 5.40. The van der Waals surface area contributed by atoms with Crippen LogP contribution in [0, 0.1) is 0 Å². The van der Waals surface area contributed by atoms with Gasteiger partial charge >= 0.3 is 0 Å². The summed E-state index contributed by atoms with van der Waals surface area (Å²) in [6.45, 7) is -0.701. The van der Waals surface area contributed by atoms with Crippen LogP contribution in [0.4, 0.5) is 4.39 Å². The largest absolute Gasteiger partial charge is 0.497 e. The summed E-state index contributed by atoms with van der Waals surface area (Å²) in [5.41, 5.74) is 0.624. The van der Waals surface area contributed by atoms with Gasteiger partial charge < -0.3 is 14.6 Å². The summed E-state index contributed by atoms with van der Waals surface area (Å²) < 4.78 is 22.0. The van der Waals surface area contributed by atoms with Crippen molar-refractivity contribution in [2.45, 2.75) is 6.61 Å². The summed E-state index contributed by atoms with van der Waals surface area (Å²) in [7, 11) is 1.53. The van der Waals surface area contributed by atoms with Gasteiger partial charge in [-0.05, 0) is 12.1 Å². The molecule has 0 atom stereocenters. The highest BCUT2D eigenvalue weighted by Gasteiger charge is 2.04. The molecule has 0 amide bonds. The van der Waals surface area contributed by atoms with Crippen molar-refractivity contribution in [1.82, 2.24) is 0 Å². The second kappa shape index (κ2) is 5.44. The van der Waals surface area contributed by atoms with Gasteiger partial charge in [0.1, 0.15) is 24.8 Å². The van der Waals surface area contributed by atoms with E-state index in [0.717, 1.165) is 0 Å². The fourth-order valence-corrected chi connectivity index (χ4v) is 1.08. The van der Waals surface area contributed by atoms with Crippen LogP contribution in [0.5, 0.6) is 11.5 Å². The van der Waals surface area contributed by atoms with Gasteiger partial charge in [-0.2, -0.15) is 0 Å². The third kappa shape index (κ3) is 2.60. The summed E-state index contributed by atoms with van der Waals surface area (Å²) in [6.07, 6.45) is 0. The zero-order chi connectivity index (χ0) is 10.4. The average Bonchev–Trinajstić information content (AvgIpc) is 2.25. The van der Waals surface area contributed by atoms with Crippen LogP contribution in [-0.2, 0) is 6.61 Å². The smallest absolute Gasteiger partial charge is 0.128 e. The number of ether oxygens (including phenoxy) is 2. The zero-order valence-corrected chi connectivity index (χ0v) is 8.00. The minimum Gasteiger partial charge on any atom is -0.497 e. The lowest BCUT2D eigenvalue weighted by Crippen LogP contribution is -2.02. The van der Waals surface area contributed by atoms with Gasteiger partial charge in [0, 0.05) is 11.6 Å². The third-order valence-corrected chi connectivity index (χ3v) is 1.78. The molecule has 0 aliphatic rings. The Labute approximate surface area is 82.1 Å². The second-order valence-electron chi connectivity index (χ2n) is 2.67. The number of hydrogen-bond donors (Lipinski definition) is 1. The van der Waals surface area contributed by atoms with Crippen LogP contribution in [0.3, 0.4) is 0 Å². The van der Waals surface area contributed by atoms with Crippen LogP contribution in [0.15, 0.2) is 18.2 Å². The normalized spacial score (nSPS) is 9.93. The lowest BCUT2D eigenvalue weighted by Gasteiger charge is -2.10. The maximum Gasteiger partial charge on any atom is 0.128 e. The van der Waals surface area contributed by atoms with Gasteiger partial charge in [-0.1, -0.05) is 0 Å². The van der Waals surface area contributed by atoms with E-state index in [1.165, 1.54) is 7.11 Å². The number of rotatable bonds is 5. The van der Waals surface area contributed by atoms with E-state index in [1.807, 2.05) is 0 Å². The van der Waals surface area contributed by atoms with Crippen LogP contribution in [-0.4, -0.2) is 25.5 Å². The molecule has 0 radical (unpaired) electrons. The van der Waals surface area contributed by atoms with Crippen molar-refractivity contribution in [3.63, 3.8) is 0 Å². The van der Waals surface area contributed by atoms with E-state index in [1.54, 1.807) is 18.2 Å². The number of aliphatic hydroxyl groups is 1. The molecule has 0 aliphatic heterocycles. The molecule has 0 unspecified atom stereocenters. The number of methoxy groups -OCH3 is 1. The van der Waals surface area contributed by atoms with Gasteiger partial charge in [0.25, 0.3) is 0 Å². The Morgan fingerprint density at radius 3 is 2.79 bits per heavy atom. The van der Waals surface area contributed by atoms with Crippen LogP contribution >= 0.6 is 0 Å². The Hall–Kier alpha value is -1.29. The molecule has 0 aliphatic carbocycles. The molecular formula is C10H13FO3. The first kappa shape index (κ1) is 10.8. The van der Waals surface area contributed by atoms with E-state index < -0.39 is 6.67 Å². The topological polar surface area (TPSA) is 38.7 Å². The van der Waals surface area contributed by atoms with E-state index in [0.29, 0.717) is 17.1 Å². The van der Waals surface area contributed by atoms with Crippen molar-refractivity contribution in [1.29, 1.82) is 0 Å². The molecule has 0 saturated carbocycles. The standard InChI is InChI=1S/C10H13FO3/c1-13-9-3-2-8(7-12)10(6-9)14-5-4-11/h2-3,6,12H,4-5,7H2,1H3. The lowest BCUT2D eigenvalue weighted by molar-refractivity contribution is 0.247. The Morgan fingerprint density at radius 1 is 1.43 bits per heavy atom. The first-order valence-corrected chi connectivity index (χ1v) is 4.28. The molecule has 4 heteroatoms. The highest BCUT2D eigenvalue weighted by Crippen LogP contribution is 2.24. The van der Waals surface area contributed by atoms with E-state index in [-0.39, 0.29) is 13.2 Å². The molecule has 1 rings (SSSR count).